The molecule has 0 saturated heterocycles. The van der Waals surface area contributed by atoms with E-state index >= 15 is 0 Å². The minimum Gasteiger partial charge on any atom is -0.298 e. The second-order valence-electron chi connectivity index (χ2n) is 13.6. The largest absolute Gasteiger partial charge is 0.298 e. The smallest absolute Gasteiger partial charge is 0.161 e. The molecule has 0 radical (unpaired) electrons. The van der Waals surface area contributed by atoms with Gasteiger partial charge in [0.15, 0.2) is 17.3 Å². The molecule has 3 nitrogen and oxygen atoms in total. The maximum absolute atomic E-state index is 14.6. The van der Waals surface area contributed by atoms with E-state index in [1.165, 1.54) is 22.3 Å². The first-order valence-corrected chi connectivity index (χ1v) is 14.9. The molecule has 2 aliphatic rings. The van der Waals surface area contributed by atoms with Gasteiger partial charge in [0.25, 0.3) is 0 Å². The lowest BCUT2D eigenvalue weighted by atomic mass is 9.39. The first kappa shape index (κ1) is 32.9. The van der Waals surface area contributed by atoms with Crippen LogP contribution in [-0.2, 0) is 14.4 Å². The van der Waals surface area contributed by atoms with Crippen LogP contribution in [-0.4, -0.2) is 17.3 Å². The first-order valence-electron chi connectivity index (χ1n) is 14.9. The average Bonchev–Trinajstić information content (AvgIpc) is 2.81. The lowest BCUT2D eigenvalue weighted by molar-refractivity contribution is -0.180. The molecule has 3 atom stereocenters. The van der Waals surface area contributed by atoms with Crippen molar-refractivity contribution in [2.24, 2.45) is 22.2 Å². The van der Waals surface area contributed by atoms with Crippen LogP contribution in [0.4, 0.5) is 0 Å². The molecule has 0 heterocycles. The number of hydrogen-bond acceptors (Lipinski definition) is 3. The van der Waals surface area contributed by atoms with Gasteiger partial charge in [-0.25, -0.2) is 0 Å². The molecule has 2 rings (SSSR count). The summed E-state index contributed by atoms with van der Waals surface area (Å²) in [6.07, 6.45) is 16.8. The third kappa shape index (κ3) is 7.27. The third-order valence-corrected chi connectivity index (χ3v) is 9.42. The van der Waals surface area contributed by atoms with E-state index < -0.39 is 16.2 Å². The van der Waals surface area contributed by atoms with Crippen molar-refractivity contribution in [1.82, 2.24) is 0 Å². The highest BCUT2D eigenvalue weighted by Crippen LogP contribution is 2.64. The van der Waals surface area contributed by atoms with Crippen LogP contribution in [0, 0.1) is 22.2 Å². The van der Waals surface area contributed by atoms with E-state index in [2.05, 4.69) is 79.7 Å². The van der Waals surface area contributed by atoms with E-state index in [9.17, 15) is 14.4 Å². The molecule has 0 aliphatic heterocycles. The Kier molecular flexibility index (Phi) is 11.3. The molecule has 0 amide bonds. The van der Waals surface area contributed by atoms with E-state index in [1.807, 2.05) is 19.9 Å². The molecular weight excluding hydrogens is 480 g/mol. The molecule has 2 fully saturated rings. The van der Waals surface area contributed by atoms with Gasteiger partial charge in [0.1, 0.15) is 0 Å². The van der Waals surface area contributed by atoms with Gasteiger partial charge in [0.2, 0.25) is 0 Å². The van der Waals surface area contributed by atoms with E-state index in [4.69, 9.17) is 0 Å². The monoisotopic (exact) mass is 534 g/mol. The molecule has 0 aromatic carbocycles. The molecule has 3 heteroatoms. The summed E-state index contributed by atoms with van der Waals surface area (Å²) in [5.41, 5.74) is 3.43. The Labute approximate surface area is 239 Å². The van der Waals surface area contributed by atoms with Crippen molar-refractivity contribution in [3.8, 4) is 0 Å². The highest BCUT2D eigenvalue weighted by molar-refractivity contribution is 6.28. The van der Waals surface area contributed by atoms with Crippen molar-refractivity contribution in [2.45, 2.75) is 127 Å². The van der Waals surface area contributed by atoms with Gasteiger partial charge in [-0.1, -0.05) is 72.1 Å². The van der Waals surface area contributed by atoms with Crippen LogP contribution in [0.25, 0.3) is 0 Å². The van der Waals surface area contributed by atoms with Gasteiger partial charge < -0.3 is 0 Å². The molecule has 2 saturated carbocycles. The SMILES string of the molecule is CC(C)=CCC/C(C)=C/C[C@@H]1C[C@@]2(C/C=C(\C)CCC=C(C)C)C(=O)CC(=O)[C@](CC=C(C)C)(C2=O)C1(C)C. The number of hydrogen-bond donors (Lipinski definition) is 0. The van der Waals surface area contributed by atoms with E-state index in [-0.39, 0.29) is 29.7 Å². The van der Waals surface area contributed by atoms with Crippen LogP contribution in [0.15, 0.2) is 58.2 Å². The maximum atomic E-state index is 14.6. The topological polar surface area (TPSA) is 51.2 Å². The van der Waals surface area contributed by atoms with Crippen LogP contribution < -0.4 is 0 Å². The van der Waals surface area contributed by atoms with Crippen molar-refractivity contribution in [3.63, 3.8) is 0 Å². The lowest BCUT2D eigenvalue weighted by Gasteiger charge is -2.60. The quantitative estimate of drug-likeness (QED) is 0.185. The Morgan fingerprint density at radius 3 is 1.72 bits per heavy atom. The van der Waals surface area contributed by atoms with Crippen LogP contribution in [0.3, 0.4) is 0 Å². The molecular formula is C36H54O3. The Bertz CT molecular complexity index is 1090. The van der Waals surface area contributed by atoms with Crippen molar-refractivity contribution in [2.75, 3.05) is 0 Å². The predicted molar refractivity (Wildman–Crippen MR) is 165 cm³/mol. The highest BCUT2D eigenvalue weighted by atomic mass is 16.2. The normalized spacial score (nSPS) is 26.8. The van der Waals surface area contributed by atoms with Crippen LogP contribution in [0.1, 0.15) is 127 Å². The Morgan fingerprint density at radius 1 is 0.692 bits per heavy atom. The molecule has 216 valence electrons. The fourth-order valence-electron chi connectivity index (χ4n) is 6.58. The molecule has 2 bridgehead atoms. The summed E-state index contributed by atoms with van der Waals surface area (Å²) in [5, 5.41) is 0. The van der Waals surface area contributed by atoms with Crippen LogP contribution in [0.2, 0.25) is 0 Å². The predicted octanol–water partition coefficient (Wildman–Crippen LogP) is 9.64. The molecule has 0 spiro atoms. The fraction of sp³-hybridized carbons (Fsp3) is 0.639. The summed E-state index contributed by atoms with van der Waals surface area (Å²) >= 11 is 0. The summed E-state index contributed by atoms with van der Waals surface area (Å²) in [6.45, 7) is 20.9. The first-order chi connectivity index (χ1) is 18.1. The molecule has 0 N–H and O–H groups in total. The number of allylic oxidation sites excluding steroid dienone is 10. The van der Waals surface area contributed by atoms with Crippen LogP contribution >= 0.6 is 0 Å². The second-order valence-corrected chi connectivity index (χ2v) is 13.6. The number of Topliss-reactive ketones (excluding diaryl/α,β-unsaturated/α-hetero) is 3. The number of fused-ring (bicyclic) bond motifs is 2. The number of carbonyl (C=O) groups excluding carboxylic acids is 3. The summed E-state index contributed by atoms with van der Waals surface area (Å²) in [5.74, 6) is -0.392. The Balaban J connectivity index is 2.54. The molecule has 0 unspecified atom stereocenters. The summed E-state index contributed by atoms with van der Waals surface area (Å²) < 4.78 is 0. The van der Waals surface area contributed by atoms with E-state index in [0.29, 0.717) is 19.3 Å². The summed E-state index contributed by atoms with van der Waals surface area (Å²) in [6, 6.07) is 0. The van der Waals surface area contributed by atoms with Crippen LogP contribution in [0.5, 0.6) is 0 Å². The van der Waals surface area contributed by atoms with Crippen molar-refractivity contribution >= 4 is 17.3 Å². The zero-order valence-corrected chi connectivity index (χ0v) is 26.6. The van der Waals surface area contributed by atoms with Crippen molar-refractivity contribution in [1.29, 1.82) is 0 Å². The van der Waals surface area contributed by atoms with Gasteiger partial charge in [-0.2, -0.15) is 0 Å². The standard InChI is InChI=1S/C36H54O3/c1-25(2)13-11-15-28(7)17-18-30-24-35(21-20-29(8)16-12-14-26(3)4)31(37)23-32(38)36(33(35)39,34(30,9)10)22-19-27(5)6/h13-14,17,19-20,30H,11-12,15-16,18,21-24H2,1-10H3/b28-17+,29-20+/t30-,35+,36-/m1/s1. The third-order valence-electron chi connectivity index (χ3n) is 9.42. The number of carbonyl (C=O) groups is 3. The molecule has 39 heavy (non-hydrogen) atoms. The van der Waals surface area contributed by atoms with Gasteiger partial charge in [0, 0.05) is 0 Å². The summed E-state index contributed by atoms with van der Waals surface area (Å²) in [4.78, 5) is 42.1. The van der Waals surface area contributed by atoms with Gasteiger partial charge in [0.05, 0.1) is 17.3 Å². The molecule has 0 aromatic heterocycles. The Hall–Kier alpha value is -2.29. The summed E-state index contributed by atoms with van der Waals surface area (Å²) in [7, 11) is 0. The Morgan fingerprint density at radius 2 is 1.21 bits per heavy atom. The van der Waals surface area contributed by atoms with Gasteiger partial charge in [-0.05, 0) is 118 Å². The average molecular weight is 535 g/mol. The molecule has 2 aliphatic carbocycles. The molecule has 0 aromatic rings. The van der Waals surface area contributed by atoms with E-state index in [1.54, 1.807) is 0 Å². The fourth-order valence-corrected chi connectivity index (χ4v) is 6.58. The van der Waals surface area contributed by atoms with Gasteiger partial charge >= 0.3 is 0 Å². The number of ketones is 3. The zero-order valence-electron chi connectivity index (χ0n) is 26.6. The maximum Gasteiger partial charge on any atom is 0.161 e. The highest BCUT2D eigenvalue weighted by Gasteiger charge is 2.71. The zero-order chi connectivity index (χ0) is 29.6. The minimum atomic E-state index is -1.16. The van der Waals surface area contributed by atoms with E-state index in [0.717, 1.165) is 37.7 Å². The minimum absolute atomic E-state index is 0.0618. The van der Waals surface area contributed by atoms with Gasteiger partial charge in [-0.15, -0.1) is 0 Å². The van der Waals surface area contributed by atoms with Crippen molar-refractivity contribution < 1.29 is 14.4 Å². The lowest BCUT2D eigenvalue weighted by Crippen LogP contribution is -2.68. The van der Waals surface area contributed by atoms with Crippen molar-refractivity contribution in [3.05, 3.63) is 58.2 Å². The second kappa shape index (κ2) is 13.4. The van der Waals surface area contributed by atoms with Gasteiger partial charge in [-0.3, -0.25) is 14.4 Å². The number of rotatable bonds is 12.